The van der Waals surface area contributed by atoms with Crippen LogP contribution in [-0.2, 0) is 4.74 Å². The minimum Gasteiger partial charge on any atom is -0.443 e. The highest BCUT2D eigenvalue weighted by Crippen LogP contribution is 2.29. The Morgan fingerprint density at radius 1 is 1.24 bits per heavy atom. The lowest BCUT2D eigenvalue weighted by Gasteiger charge is -2.20. The number of carbonyl (C=O) groups excluding carboxylic acids is 1. The van der Waals surface area contributed by atoms with Gasteiger partial charge in [0, 0.05) is 24.1 Å². The van der Waals surface area contributed by atoms with Crippen molar-refractivity contribution in [2.45, 2.75) is 39.2 Å². The fourth-order valence-electron chi connectivity index (χ4n) is 2.57. The Bertz CT molecular complexity index is 875. The summed E-state index contributed by atoms with van der Waals surface area (Å²) in [6.45, 7) is 6.30. The molecule has 154 valence electrons. The molecule has 9 heteroatoms. The number of anilines is 4. The highest BCUT2D eigenvalue weighted by Gasteiger charge is 2.20. The van der Waals surface area contributed by atoms with Crippen molar-refractivity contribution in [2.75, 3.05) is 22.6 Å². The summed E-state index contributed by atoms with van der Waals surface area (Å²) in [5, 5.41) is 14.4. The zero-order valence-electron chi connectivity index (χ0n) is 16.9. The van der Waals surface area contributed by atoms with Gasteiger partial charge in [-0.1, -0.05) is 6.07 Å². The Morgan fingerprint density at radius 2 is 1.97 bits per heavy atom. The van der Waals surface area contributed by atoms with Gasteiger partial charge < -0.3 is 20.8 Å². The summed E-state index contributed by atoms with van der Waals surface area (Å²) >= 11 is 0. The van der Waals surface area contributed by atoms with Crippen LogP contribution < -0.4 is 21.5 Å². The molecule has 1 aromatic heterocycles. The minimum atomic E-state index is -0.643. The maximum absolute atomic E-state index is 11.8. The Hall–Kier alpha value is -3.36. The van der Waals surface area contributed by atoms with Gasteiger partial charge in [0.15, 0.2) is 5.82 Å². The highest BCUT2D eigenvalue weighted by molar-refractivity contribution is 5.92. The van der Waals surface area contributed by atoms with Gasteiger partial charge in [-0.15, -0.1) is 0 Å². The van der Waals surface area contributed by atoms with Gasteiger partial charge >= 0.3 is 6.09 Å². The summed E-state index contributed by atoms with van der Waals surface area (Å²) in [6, 6.07) is 7.88. The average Bonchev–Trinajstić information content (AvgIpc) is 3.48. The molecule has 0 spiro atoms. The largest absolute Gasteiger partial charge is 0.443 e. The van der Waals surface area contributed by atoms with E-state index < -0.39 is 11.7 Å². The summed E-state index contributed by atoms with van der Waals surface area (Å²) in [4.78, 5) is 20.2. The first-order valence-electron chi connectivity index (χ1n) is 9.55. The summed E-state index contributed by atoms with van der Waals surface area (Å²) in [5.74, 6) is 1.51. The molecule has 1 aliphatic carbocycles. The molecule has 1 fully saturated rings. The smallest absolute Gasteiger partial charge is 0.426 e. The number of rotatable bonds is 8. The summed E-state index contributed by atoms with van der Waals surface area (Å²) < 4.78 is 5.18. The first-order valence-corrected chi connectivity index (χ1v) is 9.55. The van der Waals surface area contributed by atoms with E-state index in [1.165, 1.54) is 19.2 Å². The van der Waals surface area contributed by atoms with Crippen LogP contribution in [-0.4, -0.2) is 34.4 Å². The lowest BCUT2D eigenvalue weighted by atomic mass is 10.2. The Kier molecular flexibility index (Phi) is 6.16. The number of hydrazine groups is 1. The molecular formula is C20H27N7O2. The standard InChI is InChI=1S/C20H27N7O2/c1-20(2,3)29-19(28)27-26-18-16(10-21)17(23-12-24-18)25-15-6-4-5-14(9-15)22-11-13-7-8-13/h4-6,9-10,12-13,21-22H,7-8,11H2,1-3H3,(H,27,28)(H2,23,24,25,26). The molecule has 0 unspecified atom stereocenters. The molecular weight excluding hydrogens is 370 g/mol. The molecule has 1 aliphatic rings. The zero-order chi connectivity index (χ0) is 20.9. The zero-order valence-corrected chi connectivity index (χ0v) is 16.9. The van der Waals surface area contributed by atoms with Crippen LogP contribution in [0.15, 0.2) is 30.6 Å². The fourth-order valence-corrected chi connectivity index (χ4v) is 2.57. The number of nitrogens with one attached hydrogen (secondary N) is 5. The summed E-state index contributed by atoms with van der Waals surface area (Å²) in [7, 11) is 0. The number of benzene rings is 1. The van der Waals surface area contributed by atoms with Crippen LogP contribution in [0.25, 0.3) is 0 Å². The molecule has 3 rings (SSSR count). The van der Waals surface area contributed by atoms with E-state index in [1.54, 1.807) is 20.8 Å². The van der Waals surface area contributed by atoms with E-state index in [-0.39, 0.29) is 5.82 Å². The molecule has 2 aromatic rings. The minimum absolute atomic E-state index is 0.284. The lowest BCUT2D eigenvalue weighted by Crippen LogP contribution is -2.36. The number of hydrogen-bond acceptors (Lipinski definition) is 8. The first kappa shape index (κ1) is 20.4. The van der Waals surface area contributed by atoms with E-state index in [1.807, 2.05) is 24.3 Å². The predicted molar refractivity (Wildman–Crippen MR) is 114 cm³/mol. The molecule has 0 radical (unpaired) electrons. The van der Waals surface area contributed by atoms with E-state index in [0.717, 1.165) is 30.1 Å². The van der Waals surface area contributed by atoms with Crippen molar-refractivity contribution in [3.63, 3.8) is 0 Å². The van der Waals surface area contributed by atoms with Crippen molar-refractivity contribution < 1.29 is 9.53 Å². The molecule has 0 atom stereocenters. The second-order valence-electron chi connectivity index (χ2n) is 7.91. The fraction of sp³-hybridized carbons (Fsp3) is 0.400. The van der Waals surface area contributed by atoms with Crippen LogP contribution in [0.4, 0.5) is 27.8 Å². The monoisotopic (exact) mass is 397 g/mol. The van der Waals surface area contributed by atoms with E-state index in [2.05, 4.69) is 31.5 Å². The van der Waals surface area contributed by atoms with Crippen molar-refractivity contribution in [3.8, 4) is 0 Å². The predicted octanol–water partition coefficient (Wildman–Crippen LogP) is 3.89. The maximum atomic E-state index is 11.8. The lowest BCUT2D eigenvalue weighted by molar-refractivity contribution is 0.0541. The molecule has 1 aromatic carbocycles. The average molecular weight is 397 g/mol. The number of aromatic nitrogens is 2. The van der Waals surface area contributed by atoms with Crippen molar-refractivity contribution in [1.82, 2.24) is 15.4 Å². The number of hydrogen-bond donors (Lipinski definition) is 5. The Balaban J connectivity index is 1.68. The van der Waals surface area contributed by atoms with Gasteiger partial charge in [0.25, 0.3) is 0 Å². The van der Waals surface area contributed by atoms with Crippen LogP contribution in [0, 0.1) is 11.3 Å². The third-order valence-electron chi connectivity index (χ3n) is 4.13. The topological polar surface area (TPSA) is 124 Å². The van der Waals surface area contributed by atoms with Crippen molar-refractivity contribution in [2.24, 2.45) is 5.92 Å². The van der Waals surface area contributed by atoms with E-state index in [4.69, 9.17) is 10.1 Å². The van der Waals surface area contributed by atoms with Crippen LogP contribution in [0.3, 0.4) is 0 Å². The molecule has 5 N–H and O–H groups in total. The quantitative estimate of drug-likeness (QED) is 0.338. The molecule has 0 bridgehead atoms. The van der Waals surface area contributed by atoms with Crippen LogP contribution in [0.1, 0.15) is 39.2 Å². The number of amides is 1. The normalized spacial score (nSPS) is 13.3. The van der Waals surface area contributed by atoms with Crippen LogP contribution in [0.5, 0.6) is 0 Å². The van der Waals surface area contributed by atoms with Gasteiger partial charge in [0.1, 0.15) is 17.7 Å². The van der Waals surface area contributed by atoms with E-state index >= 15 is 0 Å². The number of carbonyl (C=O) groups is 1. The number of nitrogens with zero attached hydrogens (tertiary/aromatic N) is 2. The second-order valence-corrected chi connectivity index (χ2v) is 7.91. The first-order chi connectivity index (χ1) is 13.8. The molecule has 0 aliphatic heterocycles. The molecule has 1 amide bonds. The maximum Gasteiger partial charge on any atom is 0.426 e. The molecule has 1 saturated carbocycles. The number of ether oxygens (including phenoxy) is 1. The van der Waals surface area contributed by atoms with Crippen LogP contribution >= 0.6 is 0 Å². The van der Waals surface area contributed by atoms with Gasteiger partial charge in [-0.3, -0.25) is 5.43 Å². The molecule has 1 heterocycles. The van der Waals surface area contributed by atoms with Crippen molar-refractivity contribution in [1.29, 1.82) is 5.41 Å². The van der Waals surface area contributed by atoms with Crippen molar-refractivity contribution in [3.05, 3.63) is 36.2 Å². The second kappa shape index (κ2) is 8.76. The van der Waals surface area contributed by atoms with Crippen LogP contribution in [0.2, 0.25) is 0 Å². The van der Waals surface area contributed by atoms with Gasteiger partial charge in [-0.25, -0.2) is 20.2 Å². The third-order valence-corrected chi connectivity index (χ3v) is 4.13. The molecule has 9 nitrogen and oxygen atoms in total. The van der Waals surface area contributed by atoms with E-state index in [0.29, 0.717) is 11.4 Å². The SMILES string of the molecule is CC(C)(C)OC(=O)NNc1ncnc(Nc2cccc(NCC3CC3)c2)c1C=N. The van der Waals surface area contributed by atoms with E-state index in [9.17, 15) is 4.79 Å². The van der Waals surface area contributed by atoms with Gasteiger partial charge in [0.05, 0.1) is 5.56 Å². The van der Waals surface area contributed by atoms with Gasteiger partial charge in [-0.05, 0) is 57.7 Å². The third kappa shape index (κ3) is 6.34. The van der Waals surface area contributed by atoms with Crippen molar-refractivity contribution >= 4 is 35.3 Å². The Morgan fingerprint density at radius 3 is 2.66 bits per heavy atom. The highest BCUT2D eigenvalue weighted by atomic mass is 16.6. The summed E-state index contributed by atoms with van der Waals surface area (Å²) in [5.41, 5.74) is 6.75. The van der Waals surface area contributed by atoms with Gasteiger partial charge in [0.2, 0.25) is 0 Å². The van der Waals surface area contributed by atoms with Gasteiger partial charge in [-0.2, -0.15) is 0 Å². The molecule has 29 heavy (non-hydrogen) atoms. The summed E-state index contributed by atoms with van der Waals surface area (Å²) in [6.07, 6.45) is 4.42. The Labute approximate surface area is 170 Å². The molecule has 0 saturated heterocycles.